The van der Waals surface area contributed by atoms with Crippen molar-refractivity contribution >= 4 is 17.6 Å². The standard InChI is InChI=1S/C13H17ClO3/c1-4-16-13(15)7-10-5-6-11(8-12(10)14)17-9(2)3/h5-6,8-9H,4,7H2,1-3H3. The quantitative estimate of drug-likeness (QED) is 0.759. The zero-order valence-electron chi connectivity index (χ0n) is 10.3. The van der Waals surface area contributed by atoms with Gasteiger partial charge in [-0.3, -0.25) is 4.79 Å². The van der Waals surface area contributed by atoms with Gasteiger partial charge in [0.2, 0.25) is 0 Å². The topological polar surface area (TPSA) is 35.5 Å². The first-order valence-corrected chi connectivity index (χ1v) is 6.01. The maximum atomic E-state index is 11.3. The lowest BCUT2D eigenvalue weighted by Gasteiger charge is -2.11. The molecule has 1 rings (SSSR count). The molecule has 4 heteroatoms. The molecule has 0 aliphatic rings. The van der Waals surface area contributed by atoms with E-state index in [2.05, 4.69) is 0 Å². The van der Waals surface area contributed by atoms with Crippen molar-refractivity contribution in [2.75, 3.05) is 6.61 Å². The van der Waals surface area contributed by atoms with E-state index in [0.29, 0.717) is 17.4 Å². The molecule has 0 amide bonds. The van der Waals surface area contributed by atoms with Crippen molar-refractivity contribution < 1.29 is 14.3 Å². The predicted octanol–water partition coefficient (Wildman–Crippen LogP) is 3.23. The molecular weight excluding hydrogens is 240 g/mol. The van der Waals surface area contributed by atoms with Crippen LogP contribution in [0.4, 0.5) is 0 Å². The summed E-state index contributed by atoms with van der Waals surface area (Å²) >= 11 is 6.07. The van der Waals surface area contributed by atoms with E-state index >= 15 is 0 Å². The van der Waals surface area contributed by atoms with Gasteiger partial charge in [-0.2, -0.15) is 0 Å². The fourth-order valence-corrected chi connectivity index (χ4v) is 1.62. The Morgan fingerprint density at radius 2 is 2.12 bits per heavy atom. The summed E-state index contributed by atoms with van der Waals surface area (Å²) in [7, 11) is 0. The Morgan fingerprint density at radius 1 is 1.41 bits per heavy atom. The zero-order chi connectivity index (χ0) is 12.8. The second-order valence-corrected chi connectivity index (χ2v) is 4.31. The van der Waals surface area contributed by atoms with Crippen molar-refractivity contribution in [3.05, 3.63) is 28.8 Å². The molecule has 0 N–H and O–H groups in total. The number of ether oxygens (including phenoxy) is 2. The van der Waals surface area contributed by atoms with Crippen molar-refractivity contribution in [1.29, 1.82) is 0 Å². The van der Waals surface area contributed by atoms with E-state index in [4.69, 9.17) is 21.1 Å². The van der Waals surface area contributed by atoms with E-state index in [1.165, 1.54) is 0 Å². The monoisotopic (exact) mass is 256 g/mol. The smallest absolute Gasteiger partial charge is 0.310 e. The maximum Gasteiger partial charge on any atom is 0.310 e. The minimum Gasteiger partial charge on any atom is -0.491 e. The average molecular weight is 257 g/mol. The van der Waals surface area contributed by atoms with Gasteiger partial charge in [-0.15, -0.1) is 0 Å². The Hall–Kier alpha value is -1.22. The van der Waals surface area contributed by atoms with Crippen molar-refractivity contribution in [3.63, 3.8) is 0 Å². The van der Waals surface area contributed by atoms with Crippen LogP contribution in [-0.2, 0) is 16.0 Å². The number of halogens is 1. The van der Waals surface area contributed by atoms with E-state index in [1.54, 1.807) is 25.1 Å². The predicted molar refractivity (Wildman–Crippen MR) is 67.6 cm³/mol. The fraction of sp³-hybridized carbons (Fsp3) is 0.462. The van der Waals surface area contributed by atoms with Crippen LogP contribution in [0.2, 0.25) is 5.02 Å². The summed E-state index contributed by atoms with van der Waals surface area (Å²) in [4.78, 5) is 11.3. The third-order valence-corrected chi connectivity index (χ3v) is 2.39. The third-order valence-electron chi connectivity index (χ3n) is 2.04. The van der Waals surface area contributed by atoms with Crippen LogP contribution in [-0.4, -0.2) is 18.7 Å². The molecule has 0 atom stereocenters. The fourth-order valence-electron chi connectivity index (χ4n) is 1.38. The van der Waals surface area contributed by atoms with Crippen LogP contribution < -0.4 is 4.74 Å². The van der Waals surface area contributed by atoms with Crippen LogP contribution in [0.15, 0.2) is 18.2 Å². The van der Waals surface area contributed by atoms with Gasteiger partial charge in [-0.25, -0.2) is 0 Å². The third kappa shape index (κ3) is 4.65. The van der Waals surface area contributed by atoms with Gasteiger partial charge in [-0.1, -0.05) is 17.7 Å². The summed E-state index contributed by atoms with van der Waals surface area (Å²) in [6, 6.07) is 5.31. The molecule has 17 heavy (non-hydrogen) atoms. The van der Waals surface area contributed by atoms with Crippen LogP contribution in [0.25, 0.3) is 0 Å². The lowest BCUT2D eigenvalue weighted by atomic mass is 10.1. The molecule has 0 heterocycles. The van der Waals surface area contributed by atoms with Gasteiger partial charge in [0.25, 0.3) is 0 Å². The van der Waals surface area contributed by atoms with E-state index in [0.717, 1.165) is 5.56 Å². The number of esters is 1. The molecule has 1 aromatic carbocycles. The summed E-state index contributed by atoms with van der Waals surface area (Å²) in [6.45, 7) is 6.05. The molecule has 0 aliphatic carbocycles. The van der Waals surface area contributed by atoms with Crippen LogP contribution in [0.3, 0.4) is 0 Å². The summed E-state index contributed by atoms with van der Waals surface area (Å²) in [5, 5.41) is 0.524. The number of carbonyl (C=O) groups is 1. The van der Waals surface area contributed by atoms with E-state index in [-0.39, 0.29) is 18.5 Å². The highest BCUT2D eigenvalue weighted by Crippen LogP contribution is 2.24. The van der Waals surface area contributed by atoms with Gasteiger partial charge in [0.05, 0.1) is 19.1 Å². The van der Waals surface area contributed by atoms with E-state index in [9.17, 15) is 4.79 Å². The summed E-state index contributed by atoms with van der Waals surface area (Å²) in [5.74, 6) is 0.435. The van der Waals surface area contributed by atoms with Crippen molar-refractivity contribution in [2.24, 2.45) is 0 Å². The minimum atomic E-state index is -0.271. The van der Waals surface area contributed by atoms with Crippen LogP contribution in [0.1, 0.15) is 26.3 Å². The van der Waals surface area contributed by atoms with E-state index in [1.807, 2.05) is 13.8 Å². The second kappa shape index (κ2) is 6.50. The SMILES string of the molecule is CCOC(=O)Cc1ccc(OC(C)C)cc1Cl. The average Bonchev–Trinajstić information content (AvgIpc) is 2.21. The molecule has 0 saturated carbocycles. The number of hydrogen-bond acceptors (Lipinski definition) is 3. The van der Waals surface area contributed by atoms with Crippen LogP contribution >= 0.6 is 11.6 Å². The highest BCUT2D eigenvalue weighted by molar-refractivity contribution is 6.31. The first-order chi connectivity index (χ1) is 8.02. The summed E-state index contributed by atoms with van der Waals surface area (Å²) in [5.41, 5.74) is 0.751. The summed E-state index contributed by atoms with van der Waals surface area (Å²) < 4.78 is 10.4. The second-order valence-electron chi connectivity index (χ2n) is 3.90. The molecule has 1 aromatic rings. The molecule has 0 bridgehead atoms. The molecule has 0 saturated heterocycles. The Balaban J connectivity index is 2.72. The molecule has 0 unspecified atom stereocenters. The molecule has 0 spiro atoms. The molecule has 0 fully saturated rings. The Morgan fingerprint density at radius 3 is 2.65 bits per heavy atom. The largest absolute Gasteiger partial charge is 0.491 e. The van der Waals surface area contributed by atoms with Gasteiger partial charge in [0.15, 0.2) is 0 Å². The first-order valence-electron chi connectivity index (χ1n) is 5.63. The highest BCUT2D eigenvalue weighted by atomic mass is 35.5. The molecule has 3 nitrogen and oxygen atoms in total. The van der Waals surface area contributed by atoms with Crippen molar-refractivity contribution in [1.82, 2.24) is 0 Å². The normalized spacial score (nSPS) is 10.4. The maximum absolute atomic E-state index is 11.3. The van der Waals surface area contributed by atoms with Crippen LogP contribution in [0, 0.1) is 0 Å². The number of rotatable bonds is 5. The lowest BCUT2D eigenvalue weighted by Crippen LogP contribution is -2.08. The molecule has 0 aromatic heterocycles. The molecule has 94 valence electrons. The number of hydrogen-bond donors (Lipinski definition) is 0. The Labute approximate surface area is 107 Å². The zero-order valence-corrected chi connectivity index (χ0v) is 11.1. The van der Waals surface area contributed by atoms with Crippen molar-refractivity contribution in [3.8, 4) is 5.75 Å². The Bertz CT molecular complexity index is 388. The van der Waals surface area contributed by atoms with Crippen LogP contribution in [0.5, 0.6) is 5.75 Å². The highest BCUT2D eigenvalue weighted by Gasteiger charge is 2.09. The van der Waals surface area contributed by atoms with Gasteiger partial charge in [0.1, 0.15) is 5.75 Å². The molecular formula is C13H17ClO3. The Kier molecular flexibility index (Phi) is 5.29. The minimum absolute atomic E-state index is 0.0990. The number of carbonyl (C=O) groups excluding carboxylic acids is 1. The van der Waals surface area contributed by atoms with Gasteiger partial charge >= 0.3 is 5.97 Å². The van der Waals surface area contributed by atoms with Crippen molar-refractivity contribution in [2.45, 2.75) is 33.3 Å². The van der Waals surface area contributed by atoms with Gasteiger partial charge < -0.3 is 9.47 Å². The summed E-state index contributed by atoms with van der Waals surface area (Å²) in [6.07, 6.45) is 0.288. The molecule has 0 radical (unpaired) electrons. The molecule has 0 aliphatic heterocycles. The van der Waals surface area contributed by atoms with E-state index < -0.39 is 0 Å². The number of benzene rings is 1. The van der Waals surface area contributed by atoms with Gasteiger partial charge in [0, 0.05) is 5.02 Å². The first kappa shape index (κ1) is 13.8. The lowest BCUT2D eigenvalue weighted by molar-refractivity contribution is -0.142. The van der Waals surface area contributed by atoms with Gasteiger partial charge in [-0.05, 0) is 38.5 Å².